The average Bonchev–Trinajstić information content (AvgIpc) is 2.45. The summed E-state index contributed by atoms with van der Waals surface area (Å²) in [4.78, 5) is 11.6. The van der Waals surface area contributed by atoms with Crippen LogP contribution in [0, 0.1) is 6.92 Å². The molecule has 5 nitrogen and oxygen atoms in total. The molecule has 0 aliphatic carbocycles. The van der Waals surface area contributed by atoms with Gasteiger partial charge in [0, 0.05) is 19.3 Å². The molecule has 5 heteroatoms. The zero-order valence-corrected chi connectivity index (χ0v) is 8.61. The first-order chi connectivity index (χ1) is 6.54. The van der Waals surface area contributed by atoms with Gasteiger partial charge in [0.1, 0.15) is 0 Å². The highest BCUT2D eigenvalue weighted by molar-refractivity contribution is 5.95. The van der Waals surface area contributed by atoms with Gasteiger partial charge >= 0.3 is 0 Å². The number of carbonyl (C=O) groups is 1. The molecule has 1 atom stereocenters. The Hall–Kier alpha value is -1.36. The van der Waals surface area contributed by atoms with E-state index in [2.05, 4.69) is 10.4 Å². The second kappa shape index (κ2) is 4.23. The van der Waals surface area contributed by atoms with Crippen LogP contribution < -0.4 is 5.32 Å². The van der Waals surface area contributed by atoms with E-state index in [-0.39, 0.29) is 18.6 Å². The molecule has 0 fully saturated rings. The number of hydrogen-bond donors (Lipinski definition) is 2. The molecule has 2 N–H and O–H groups in total. The fraction of sp³-hybridized carbons (Fsp3) is 0.556. The zero-order chi connectivity index (χ0) is 10.7. The first-order valence-corrected chi connectivity index (χ1v) is 4.46. The Kier molecular flexibility index (Phi) is 3.24. The molecule has 0 aliphatic heterocycles. The molecule has 0 radical (unpaired) electrons. The highest BCUT2D eigenvalue weighted by atomic mass is 16.3. The lowest BCUT2D eigenvalue weighted by Gasteiger charge is -2.09. The minimum atomic E-state index is -0.234. The van der Waals surface area contributed by atoms with E-state index in [1.54, 1.807) is 31.8 Å². The van der Waals surface area contributed by atoms with Crippen LogP contribution in [0.3, 0.4) is 0 Å². The molecule has 1 heterocycles. The largest absolute Gasteiger partial charge is 0.394 e. The van der Waals surface area contributed by atoms with E-state index in [9.17, 15) is 4.79 Å². The van der Waals surface area contributed by atoms with Crippen molar-refractivity contribution in [3.05, 3.63) is 17.5 Å². The van der Waals surface area contributed by atoms with E-state index in [1.165, 1.54) is 0 Å². The number of nitrogens with zero attached hydrogens (tertiary/aromatic N) is 2. The number of aliphatic hydroxyl groups excluding tert-OH is 1. The molecule has 0 saturated heterocycles. The third-order valence-electron chi connectivity index (χ3n) is 1.91. The van der Waals surface area contributed by atoms with Gasteiger partial charge in [-0.25, -0.2) is 0 Å². The predicted octanol–water partition coefficient (Wildman–Crippen LogP) is -0.161. The third-order valence-corrected chi connectivity index (χ3v) is 1.91. The Morgan fingerprint density at radius 2 is 2.43 bits per heavy atom. The molecular weight excluding hydrogens is 182 g/mol. The number of amides is 1. The van der Waals surface area contributed by atoms with Gasteiger partial charge in [0.05, 0.1) is 17.9 Å². The molecule has 0 bridgehead atoms. The normalized spacial score (nSPS) is 12.6. The van der Waals surface area contributed by atoms with Gasteiger partial charge < -0.3 is 10.4 Å². The van der Waals surface area contributed by atoms with Crippen LogP contribution in [0.1, 0.15) is 23.0 Å². The maximum Gasteiger partial charge on any atom is 0.255 e. The summed E-state index contributed by atoms with van der Waals surface area (Å²) < 4.78 is 1.59. The maximum atomic E-state index is 11.6. The van der Waals surface area contributed by atoms with E-state index in [1.807, 2.05) is 0 Å². The molecule has 0 aromatic carbocycles. The van der Waals surface area contributed by atoms with Gasteiger partial charge in [-0.3, -0.25) is 9.48 Å². The number of nitrogens with one attached hydrogen (secondary N) is 1. The van der Waals surface area contributed by atoms with Crippen LogP contribution in [0.4, 0.5) is 0 Å². The van der Waals surface area contributed by atoms with E-state index >= 15 is 0 Å². The molecule has 1 unspecified atom stereocenters. The SMILES string of the molecule is Cc1nn(C)cc1C(=O)NC(C)CO. The monoisotopic (exact) mass is 197 g/mol. The summed E-state index contributed by atoms with van der Waals surface area (Å²) in [7, 11) is 1.76. The highest BCUT2D eigenvalue weighted by Crippen LogP contribution is 2.04. The maximum absolute atomic E-state index is 11.6. The second-order valence-corrected chi connectivity index (χ2v) is 3.36. The number of hydrogen-bond acceptors (Lipinski definition) is 3. The first-order valence-electron chi connectivity index (χ1n) is 4.46. The van der Waals surface area contributed by atoms with E-state index in [0.717, 1.165) is 0 Å². The lowest BCUT2D eigenvalue weighted by Crippen LogP contribution is -2.35. The van der Waals surface area contributed by atoms with Gasteiger partial charge in [0.25, 0.3) is 5.91 Å². The number of rotatable bonds is 3. The average molecular weight is 197 g/mol. The molecule has 78 valence electrons. The number of aryl methyl sites for hydroxylation is 2. The second-order valence-electron chi connectivity index (χ2n) is 3.36. The molecule has 1 aromatic rings. The fourth-order valence-electron chi connectivity index (χ4n) is 1.17. The van der Waals surface area contributed by atoms with Crippen molar-refractivity contribution in [2.45, 2.75) is 19.9 Å². The van der Waals surface area contributed by atoms with Gasteiger partial charge in [-0.1, -0.05) is 0 Å². The lowest BCUT2D eigenvalue weighted by atomic mass is 10.2. The smallest absolute Gasteiger partial charge is 0.255 e. The van der Waals surface area contributed by atoms with Crippen molar-refractivity contribution in [3.8, 4) is 0 Å². The fourth-order valence-corrected chi connectivity index (χ4v) is 1.17. The summed E-state index contributed by atoms with van der Waals surface area (Å²) in [6.07, 6.45) is 1.66. The highest BCUT2D eigenvalue weighted by Gasteiger charge is 2.13. The van der Waals surface area contributed by atoms with E-state index in [4.69, 9.17) is 5.11 Å². The van der Waals surface area contributed by atoms with Crippen LogP contribution in [0.15, 0.2) is 6.20 Å². The first kappa shape index (κ1) is 10.7. The van der Waals surface area contributed by atoms with Crippen LogP contribution in [0.25, 0.3) is 0 Å². The number of aromatic nitrogens is 2. The molecule has 14 heavy (non-hydrogen) atoms. The van der Waals surface area contributed by atoms with E-state index in [0.29, 0.717) is 11.3 Å². The van der Waals surface area contributed by atoms with Crippen molar-refractivity contribution >= 4 is 5.91 Å². The molecule has 1 aromatic heterocycles. The Morgan fingerprint density at radius 1 is 1.79 bits per heavy atom. The number of carbonyl (C=O) groups excluding carboxylic acids is 1. The standard InChI is InChI=1S/C9H15N3O2/c1-6(5-13)10-9(14)8-4-12(3)11-7(8)2/h4,6,13H,5H2,1-3H3,(H,10,14). The Labute approximate surface area is 82.7 Å². The summed E-state index contributed by atoms with van der Waals surface area (Å²) in [5.74, 6) is -0.197. The Balaban J connectivity index is 2.74. The summed E-state index contributed by atoms with van der Waals surface area (Å²) in [5, 5.41) is 15.5. The van der Waals surface area contributed by atoms with Crippen molar-refractivity contribution in [2.75, 3.05) is 6.61 Å². The van der Waals surface area contributed by atoms with Gasteiger partial charge in [-0.15, -0.1) is 0 Å². The molecule has 0 aliphatic rings. The third kappa shape index (κ3) is 2.32. The molecular formula is C9H15N3O2. The Bertz CT molecular complexity index is 333. The van der Waals surface area contributed by atoms with Crippen molar-refractivity contribution in [2.24, 2.45) is 7.05 Å². The van der Waals surface area contributed by atoms with Crippen LogP contribution in [0.5, 0.6) is 0 Å². The van der Waals surface area contributed by atoms with E-state index < -0.39 is 0 Å². The van der Waals surface area contributed by atoms with Crippen LogP contribution >= 0.6 is 0 Å². The molecule has 0 saturated carbocycles. The lowest BCUT2D eigenvalue weighted by molar-refractivity contribution is 0.0921. The topological polar surface area (TPSA) is 67.2 Å². The van der Waals surface area contributed by atoms with Crippen LogP contribution in [0.2, 0.25) is 0 Å². The van der Waals surface area contributed by atoms with Gasteiger partial charge in [0.2, 0.25) is 0 Å². The van der Waals surface area contributed by atoms with Crippen LogP contribution in [-0.2, 0) is 7.05 Å². The van der Waals surface area contributed by atoms with Crippen LogP contribution in [-0.4, -0.2) is 33.4 Å². The van der Waals surface area contributed by atoms with Crippen molar-refractivity contribution < 1.29 is 9.90 Å². The van der Waals surface area contributed by atoms with Gasteiger partial charge in [-0.2, -0.15) is 5.10 Å². The summed E-state index contributed by atoms with van der Waals surface area (Å²) >= 11 is 0. The molecule has 1 amide bonds. The molecule has 0 spiro atoms. The predicted molar refractivity (Wildman–Crippen MR) is 52.0 cm³/mol. The summed E-state index contributed by atoms with van der Waals surface area (Å²) in [6.45, 7) is 3.45. The zero-order valence-electron chi connectivity index (χ0n) is 8.61. The number of aliphatic hydroxyl groups is 1. The quantitative estimate of drug-likeness (QED) is 0.707. The minimum absolute atomic E-state index is 0.0644. The summed E-state index contributed by atoms with van der Waals surface area (Å²) in [5.41, 5.74) is 1.24. The van der Waals surface area contributed by atoms with Crippen molar-refractivity contribution in [1.29, 1.82) is 0 Å². The summed E-state index contributed by atoms with van der Waals surface area (Å²) in [6, 6.07) is -0.234. The van der Waals surface area contributed by atoms with Crippen molar-refractivity contribution in [1.82, 2.24) is 15.1 Å². The van der Waals surface area contributed by atoms with Gasteiger partial charge in [-0.05, 0) is 13.8 Å². The Morgan fingerprint density at radius 3 is 2.86 bits per heavy atom. The van der Waals surface area contributed by atoms with Gasteiger partial charge in [0.15, 0.2) is 0 Å². The molecule has 1 rings (SSSR count). The van der Waals surface area contributed by atoms with Crippen molar-refractivity contribution in [3.63, 3.8) is 0 Å². The minimum Gasteiger partial charge on any atom is -0.394 e.